The highest BCUT2D eigenvalue weighted by atomic mass is 15.3. The molecule has 5 nitrogen and oxygen atoms in total. The van der Waals surface area contributed by atoms with E-state index in [2.05, 4.69) is 34.6 Å². The van der Waals surface area contributed by atoms with Crippen molar-refractivity contribution in [2.45, 2.75) is 64.8 Å². The molecule has 1 aromatic heterocycles. The molecule has 1 aromatic rings. The number of aromatic nitrogens is 2. The van der Waals surface area contributed by atoms with Gasteiger partial charge in [0.25, 0.3) is 0 Å². The van der Waals surface area contributed by atoms with Crippen LogP contribution in [0.1, 0.15) is 57.3 Å². The lowest BCUT2D eigenvalue weighted by atomic mass is 10.0. The van der Waals surface area contributed by atoms with Gasteiger partial charge in [-0.1, -0.05) is 19.8 Å². The predicted molar refractivity (Wildman–Crippen MR) is 79.1 cm³/mol. The standard InChI is InChI=1S/C14H25N5/c1-4-7-11-16-12(10(2)13(17-11)19-15)18-14(3)8-5-6-9-14/h4-9,15H2,1-3H3,(H2,16,17,18,19). The summed E-state index contributed by atoms with van der Waals surface area (Å²) in [5.41, 5.74) is 3.84. The Hall–Kier alpha value is -1.36. The van der Waals surface area contributed by atoms with E-state index in [1.54, 1.807) is 0 Å². The van der Waals surface area contributed by atoms with Crippen molar-refractivity contribution in [2.24, 2.45) is 5.84 Å². The summed E-state index contributed by atoms with van der Waals surface area (Å²) < 4.78 is 0. The van der Waals surface area contributed by atoms with Crippen molar-refractivity contribution in [2.75, 3.05) is 10.7 Å². The Balaban J connectivity index is 2.29. The van der Waals surface area contributed by atoms with Crippen LogP contribution in [0.15, 0.2) is 0 Å². The Labute approximate surface area is 115 Å². The molecule has 2 rings (SSSR count). The highest BCUT2D eigenvalue weighted by Gasteiger charge is 2.29. The highest BCUT2D eigenvalue weighted by molar-refractivity contribution is 5.57. The topological polar surface area (TPSA) is 75.9 Å². The molecule has 0 unspecified atom stereocenters. The van der Waals surface area contributed by atoms with Gasteiger partial charge in [0, 0.05) is 17.5 Å². The Morgan fingerprint density at radius 3 is 2.42 bits per heavy atom. The molecule has 0 radical (unpaired) electrons. The second-order valence-corrected chi connectivity index (χ2v) is 5.75. The summed E-state index contributed by atoms with van der Waals surface area (Å²) in [6, 6.07) is 0. The molecule has 0 atom stereocenters. The molecule has 0 amide bonds. The van der Waals surface area contributed by atoms with Crippen molar-refractivity contribution < 1.29 is 0 Å². The number of nitrogens with zero attached hydrogens (tertiary/aromatic N) is 2. The third kappa shape index (κ3) is 3.15. The first-order valence-electron chi connectivity index (χ1n) is 7.20. The van der Waals surface area contributed by atoms with E-state index in [4.69, 9.17) is 5.84 Å². The largest absolute Gasteiger partial charge is 0.365 e. The van der Waals surface area contributed by atoms with E-state index in [9.17, 15) is 0 Å². The predicted octanol–water partition coefficient (Wildman–Crippen LogP) is 2.77. The lowest BCUT2D eigenvalue weighted by Gasteiger charge is -2.27. The zero-order valence-electron chi connectivity index (χ0n) is 12.2. The van der Waals surface area contributed by atoms with Gasteiger partial charge in [-0.2, -0.15) is 0 Å². The fourth-order valence-electron chi connectivity index (χ4n) is 2.73. The molecule has 0 bridgehead atoms. The van der Waals surface area contributed by atoms with Gasteiger partial charge in [0.1, 0.15) is 17.5 Å². The molecular formula is C14H25N5. The van der Waals surface area contributed by atoms with Gasteiger partial charge in [-0.05, 0) is 33.1 Å². The highest BCUT2D eigenvalue weighted by Crippen LogP contribution is 2.33. The quantitative estimate of drug-likeness (QED) is 0.562. The van der Waals surface area contributed by atoms with Crippen LogP contribution in [0.2, 0.25) is 0 Å². The molecule has 1 aliphatic carbocycles. The Kier molecular flexibility index (Phi) is 4.24. The minimum atomic E-state index is 0.161. The van der Waals surface area contributed by atoms with Crippen LogP contribution >= 0.6 is 0 Å². The molecule has 1 aliphatic rings. The minimum absolute atomic E-state index is 0.161. The third-order valence-electron chi connectivity index (χ3n) is 3.93. The fraction of sp³-hybridized carbons (Fsp3) is 0.714. The number of hydrogen-bond donors (Lipinski definition) is 3. The maximum absolute atomic E-state index is 5.56. The Morgan fingerprint density at radius 1 is 1.21 bits per heavy atom. The zero-order valence-corrected chi connectivity index (χ0v) is 12.2. The van der Waals surface area contributed by atoms with Crippen LogP contribution in [0, 0.1) is 6.92 Å². The smallest absolute Gasteiger partial charge is 0.148 e. The van der Waals surface area contributed by atoms with Crippen LogP contribution in [0.3, 0.4) is 0 Å². The Morgan fingerprint density at radius 2 is 1.84 bits per heavy atom. The third-order valence-corrected chi connectivity index (χ3v) is 3.93. The van der Waals surface area contributed by atoms with E-state index in [0.717, 1.165) is 35.9 Å². The number of nitrogen functional groups attached to an aromatic ring is 1. The average molecular weight is 263 g/mol. The molecule has 4 N–H and O–H groups in total. The molecule has 1 saturated carbocycles. The SMILES string of the molecule is CCCc1nc(NN)c(C)c(NC2(C)CCCC2)n1. The summed E-state index contributed by atoms with van der Waals surface area (Å²) in [5.74, 6) is 8.06. The van der Waals surface area contributed by atoms with Crippen LogP contribution < -0.4 is 16.6 Å². The van der Waals surface area contributed by atoms with E-state index in [1.807, 2.05) is 6.92 Å². The molecule has 5 heteroatoms. The fourth-order valence-corrected chi connectivity index (χ4v) is 2.73. The normalized spacial score (nSPS) is 17.5. The van der Waals surface area contributed by atoms with E-state index >= 15 is 0 Å². The van der Waals surface area contributed by atoms with Crippen LogP contribution in [-0.2, 0) is 6.42 Å². The lowest BCUT2D eigenvalue weighted by Crippen LogP contribution is -2.32. The molecular weight excluding hydrogens is 238 g/mol. The van der Waals surface area contributed by atoms with Gasteiger partial charge in [-0.25, -0.2) is 15.8 Å². The van der Waals surface area contributed by atoms with E-state index in [0.29, 0.717) is 0 Å². The zero-order chi connectivity index (χ0) is 13.9. The van der Waals surface area contributed by atoms with Gasteiger partial charge in [-0.3, -0.25) is 0 Å². The van der Waals surface area contributed by atoms with Crippen molar-refractivity contribution in [1.82, 2.24) is 9.97 Å². The molecule has 19 heavy (non-hydrogen) atoms. The van der Waals surface area contributed by atoms with Gasteiger partial charge in [0.05, 0.1) is 0 Å². The number of hydrazine groups is 1. The van der Waals surface area contributed by atoms with Crippen molar-refractivity contribution in [1.29, 1.82) is 0 Å². The van der Waals surface area contributed by atoms with Crippen molar-refractivity contribution in [3.63, 3.8) is 0 Å². The minimum Gasteiger partial charge on any atom is -0.365 e. The van der Waals surface area contributed by atoms with Gasteiger partial charge >= 0.3 is 0 Å². The molecule has 106 valence electrons. The van der Waals surface area contributed by atoms with Crippen molar-refractivity contribution in [3.05, 3.63) is 11.4 Å². The lowest BCUT2D eigenvalue weighted by molar-refractivity contribution is 0.529. The summed E-state index contributed by atoms with van der Waals surface area (Å²) in [7, 11) is 0. The molecule has 0 saturated heterocycles. The first-order chi connectivity index (χ1) is 9.08. The van der Waals surface area contributed by atoms with E-state index in [-0.39, 0.29) is 5.54 Å². The first-order valence-corrected chi connectivity index (χ1v) is 7.20. The number of hydrogen-bond acceptors (Lipinski definition) is 5. The van der Waals surface area contributed by atoms with Crippen LogP contribution in [0.5, 0.6) is 0 Å². The monoisotopic (exact) mass is 263 g/mol. The van der Waals surface area contributed by atoms with Crippen LogP contribution in [-0.4, -0.2) is 15.5 Å². The maximum Gasteiger partial charge on any atom is 0.148 e. The molecule has 0 spiro atoms. The molecule has 0 aliphatic heterocycles. The number of anilines is 2. The Bertz CT molecular complexity index is 438. The molecule has 1 fully saturated rings. The van der Waals surface area contributed by atoms with Gasteiger partial charge in [0.15, 0.2) is 0 Å². The van der Waals surface area contributed by atoms with Gasteiger partial charge in [0.2, 0.25) is 0 Å². The van der Waals surface area contributed by atoms with Gasteiger partial charge in [-0.15, -0.1) is 0 Å². The van der Waals surface area contributed by atoms with Crippen molar-refractivity contribution >= 4 is 11.6 Å². The second-order valence-electron chi connectivity index (χ2n) is 5.75. The molecule has 0 aromatic carbocycles. The number of nitrogens with two attached hydrogens (primary N) is 1. The summed E-state index contributed by atoms with van der Waals surface area (Å²) in [4.78, 5) is 9.11. The first kappa shape index (κ1) is 14.1. The van der Waals surface area contributed by atoms with Crippen molar-refractivity contribution in [3.8, 4) is 0 Å². The van der Waals surface area contributed by atoms with Crippen LogP contribution in [0.4, 0.5) is 11.6 Å². The number of rotatable bonds is 5. The maximum atomic E-state index is 5.56. The van der Waals surface area contributed by atoms with Crippen LogP contribution in [0.25, 0.3) is 0 Å². The number of aryl methyl sites for hydroxylation is 1. The summed E-state index contributed by atoms with van der Waals surface area (Å²) in [6.07, 6.45) is 6.88. The average Bonchev–Trinajstić information content (AvgIpc) is 2.80. The summed E-state index contributed by atoms with van der Waals surface area (Å²) in [6.45, 7) is 6.41. The van der Waals surface area contributed by atoms with E-state index < -0.39 is 0 Å². The van der Waals surface area contributed by atoms with E-state index in [1.165, 1.54) is 25.7 Å². The second kappa shape index (κ2) is 5.74. The summed E-state index contributed by atoms with van der Waals surface area (Å²) in [5, 5.41) is 3.61. The number of nitrogens with one attached hydrogen (secondary N) is 2. The summed E-state index contributed by atoms with van der Waals surface area (Å²) >= 11 is 0. The van der Waals surface area contributed by atoms with Gasteiger partial charge < -0.3 is 10.7 Å². The molecule has 1 heterocycles.